The summed E-state index contributed by atoms with van der Waals surface area (Å²) in [7, 11) is 0. The van der Waals surface area contributed by atoms with Gasteiger partial charge in [-0.15, -0.1) is 0 Å². The van der Waals surface area contributed by atoms with Crippen LogP contribution in [0.5, 0.6) is 0 Å². The molecule has 0 aliphatic heterocycles. The predicted octanol–water partition coefficient (Wildman–Crippen LogP) is 1.98. The molecule has 0 radical (unpaired) electrons. The number of carbonyl (C=O) groups is 2. The number of rotatable bonds is 5. The molecule has 0 saturated carbocycles. The van der Waals surface area contributed by atoms with E-state index in [1.165, 1.54) is 17.8 Å². The molecule has 0 aliphatic rings. The van der Waals surface area contributed by atoms with Gasteiger partial charge in [0.1, 0.15) is 0 Å². The summed E-state index contributed by atoms with van der Waals surface area (Å²) in [5.41, 5.74) is 1.06. The van der Waals surface area contributed by atoms with Gasteiger partial charge in [-0.1, -0.05) is 6.07 Å². The van der Waals surface area contributed by atoms with Gasteiger partial charge < -0.3 is 19.6 Å². The number of pyridine rings is 1. The fourth-order valence-corrected chi connectivity index (χ4v) is 2.50. The first-order valence-electron chi connectivity index (χ1n) is 7.77. The molecule has 3 aromatic rings. The normalized spacial score (nSPS) is 10.6. The molecule has 0 atom stereocenters. The summed E-state index contributed by atoms with van der Waals surface area (Å²) >= 11 is 0. The molecule has 7 heteroatoms. The van der Waals surface area contributed by atoms with E-state index in [-0.39, 0.29) is 23.9 Å². The Morgan fingerprint density at radius 2 is 2.04 bits per heavy atom. The molecule has 128 valence electrons. The smallest absolute Gasteiger partial charge is 0.294 e. The highest BCUT2D eigenvalue weighted by Crippen LogP contribution is 2.11. The lowest BCUT2D eigenvalue weighted by molar-refractivity contribution is -0.114. The second kappa shape index (κ2) is 7.04. The topological polar surface area (TPSA) is 93.3 Å². The predicted molar refractivity (Wildman–Crippen MR) is 93.6 cm³/mol. The Kier molecular flexibility index (Phi) is 4.65. The molecule has 0 spiro atoms. The molecule has 25 heavy (non-hydrogen) atoms. The Morgan fingerprint density at radius 1 is 1.20 bits per heavy atom. The van der Waals surface area contributed by atoms with E-state index < -0.39 is 0 Å². The number of amides is 2. The molecule has 0 fully saturated rings. The van der Waals surface area contributed by atoms with E-state index in [1.54, 1.807) is 42.6 Å². The van der Waals surface area contributed by atoms with Crippen molar-refractivity contribution in [3.05, 3.63) is 64.8 Å². The number of aromatic nitrogens is 1. The molecule has 2 N–H and O–H groups in total. The molecule has 2 amide bonds. The third kappa shape index (κ3) is 3.77. The second-order valence-electron chi connectivity index (χ2n) is 5.54. The largest absolute Gasteiger partial charge is 0.459 e. The van der Waals surface area contributed by atoms with Gasteiger partial charge in [0, 0.05) is 42.8 Å². The number of carbonyl (C=O) groups excluding carboxylic acids is 2. The summed E-state index contributed by atoms with van der Waals surface area (Å²) in [6, 6.07) is 10.2. The number of nitrogens with zero attached hydrogens (tertiary/aromatic N) is 1. The highest BCUT2D eigenvalue weighted by atomic mass is 16.3. The molecule has 0 saturated heterocycles. The van der Waals surface area contributed by atoms with Crippen molar-refractivity contribution >= 4 is 28.5 Å². The highest BCUT2D eigenvalue weighted by Gasteiger charge is 2.08. The highest BCUT2D eigenvalue weighted by molar-refractivity contribution is 5.96. The molecule has 0 bridgehead atoms. The summed E-state index contributed by atoms with van der Waals surface area (Å²) < 4.78 is 6.66. The Hall–Kier alpha value is -3.35. The lowest BCUT2D eigenvalue weighted by Crippen LogP contribution is -2.30. The molecule has 2 heterocycles. The number of benzene rings is 1. The quantitative estimate of drug-likeness (QED) is 0.743. The summed E-state index contributed by atoms with van der Waals surface area (Å²) in [6.45, 7) is 2.02. The molecule has 1 aromatic carbocycles. The minimum absolute atomic E-state index is 0.203. The number of hydrogen-bond acceptors (Lipinski definition) is 4. The first-order chi connectivity index (χ1) is 12.0. The van der Waals surface area contributed by atoms with Gasteiger partial charge in [-0.25, -0.2) is 0 Å². The van der Waals surface area contributed by atoms with E-state index in [9.17, 15) is 14.4 Å². The third-order valence-corrected chi connectivity index (χ3v) is 3.67. The average Bonchev–Trinajstić information content (AvgIpc) is 3.06. The van der Waals surface area contributed by atoms with Crippen LogP contribution in [0.2, 0.25) is 0 Å². The summed E-state index contributed by atoms with van der Waals surface area (Å²) in [6.07, 6.45) is 3.14. The first-order valence-corrected chi connectivity index (χ1v) is 7.77. The van der Waals surface area contributed by atoms with Gasteiger partial charge in [0.15, 0.2) is 5.58 Å². The minimum Gasteiger partial charge on any atom is -0.459 e. The van der Waals surface area contributed by atoms with Crippen LogP contribution in [0.3, 0.4) is 0 Å². The van der Waals surface area contributed by atoms with E-state index >= 15 is 0 Å². The van der Waals surface area contributed by atoms with Crippen molar-refractivity contribution in [3.63, 3.8) is 0 Å². The van der Waals surface area contributed by atoms with Crippen LogP contribution in [0.4, 0.5) is 5.69 Å². The molecule has 3 rings (SSSR count). The Labute approximate surface area is 143 Å². The number of furan rings is 1. The lowest BCUT2D eigenvalue weighted by atomic mass is 10.2. The molecule has 0 aliphatic carbocycles. The number of nitrogens with one attached hydrogen (secondary N) is 2. The zero-order valence-corrected chi connectivity index (χ0v) is 13.6. The van der Waals surface area contributed by atoms with Crippen LogP contribution in [-0.4, -0.2) is 22.9 Å². The van der Waals surface area contributed by atoms with Gasteiger partial charge in [0.25, 0.3) is 11.5 Å². The van der Waals surface area contributed by atoms with Crippen LogP contribution in [0.25, 0.3) is 11.0 Å². The van der Waals surface area contributed by atoms with E-state index in [1.807, 2.05) is 0 Å². The lowest BCUT2D eigenvalue weighted by Gasteiger charge is -2.09. The van der Waals surface area contributed by atoms with Gasteiger partial charge in [-0.05, 0) is 30.3 Å². The average molecular weight is 339 g/mol. The maximum absolute atomic E-state index is 12.2. The second-order valence-corrected chi connectivity index (χ2v) is 5.54. The molecule has 0 unspecified atom stereocenters. The van der Waals surface area contributed by atoms with Crippen LogP contribution in [0.15, 0.2) is 58.1 Å². The summed E-state index contributed by atoms with van der Waals surface area (Å²) in [4.78, 5) is 35.5. The number of anilines is 1. The Morgan fingerprint density at radius 3 is 2.84 bits per heavy atom. The van der Waals surface area contributed by atoms with Crippen molar-refractivity contribution in [1.29, 1.82) is 0 Å². The standard InChI is InChI=1S/C18H17N3O4/c1-12(22)20-15-4-2-3-14(11-15)17(23)19-7-9-21-8-5-13-6-10-25-16(13)18(21)24/h2-6,8,10-11H,7,9H2,1H3,(H,19,23)(H,20,22). The van der Waals surface area contributed by atoms with E-state index in [2.05, 4.69) is 10.6 Å². The van der Waals surface area contributed by atoms with Gasteiger partial charge in [0.2, 0.25) is 5.91 Å². The van der Waals surface area contributed by atoms with Crippen LogP contribution in [-0.2, 0) is 11.3 Å². The first kappa shape index (κ1) is 16.5. The SMILES string of the molecule is CC(=O)Nc1cccc(C(=O)NCCn2ccc3ccoc3c2=O)c1. The maximum atomic E-state index is 12.2. The number of fused-ring (bicyclic) bond motifs is 1. The third-order valence-electron chi connectivity index (χ3n) is 3.67. The molecular formula is C18H17N3O4. The van der Waals surface area contributed by atoms with Crippen LogP contribution < -0.4 is 16.2 Å². The van der Waals surface area contributed by atoms with Crippen LogP contribution in [0, 0.1) is 0 Å². The van der Waals surface area contributed by atoms with Crippen molar-refractivity contribution in [2.24, 2.45) is 0 Å². The van der Waals surface area contributed by atoms with Crippen molar-refractivity contribution < 1.29 is 14.0 Å². The van der Waals surface area contributed by atoms with Crippen molar-refractivity contribution in [2.45, 2.75) is 13.5 Å². The van der Waals surface area contributed by atoms with E-state index in [4.69, 9.17) is 4.42 Å². The van der Waals surface area contributed by atoms with E-state index in [0.29, 0.717) is 23.4 Å². The monoisotopic (exact) mass is 339 g/mol. The van der Waals surface area contributed by atoms with Crippen molar-refractivity contribution in [3.8, 4) is 0 Å². The fourth-order valence-electron chi connectivity index (χ4n) is 2.50. The van der Waals surface area contributed by atoms with Crippen LogP contribution in [0.1, 0.15) is 17.3 Å². The van der Waals surface area contributed by atoms with Gasteiger partial charge >= 0.3 is 0 Å². The van der Waals surface area contributed by atoms with Gasteiger partial charge in [-0.2, -0.15) is 0 Å². The van der Waals surface area contributed by atoms with Gasteiger partial charge in [-0.3, -0.25) is 14.4 Å². The zero-order valence-electron chi connectivity index (χ0n) is 13.6. The van der Waals surface area contributed by atoms with Crippen molar-refractivity contribution in [2.75, 3.05) is 11.9 Å². The van der Waals surface area contributed by atoms with E-state index in [0.717, 1.165) is 5.39 Å². The van der Waals surface area contributed by atoms with Crippen LogP contribution >= 0.6 is 0 Å². The molecule has 2 aromatic heterocycles. The molecule has 7 nitrogen and oxygen atoms in total. The number of hydrogen-bond donors (Lipinski definition) is 2. The maximum Gasteiger partial charge on any atom is 0.294 e. The minimum atomic E-state index is -0.278. The Balaban J connectivity index is 1.63. The summed E-state index contributed by atoms with van der Waals surface area (Å²) in [5.74, 6) is -0.482. The summed E-state index contributed by atoms with van der Waals surface area (Å²) in [5, 5.41) is 6.13. The fraction of sp³-hybridized carbons (Fsp3) is 0.167. The molecular weight excluding hydrogens is 322 g/mol. The van der Waals surface area contributed by atoms with Crippen molar-refractivity contribution in [1.82, 2.24) is 9.88 Å². The van der Waals surface area contributed by atoms with Gasteiger partial charge in [0.05, 0.1) is 6.26 Å². The Bertz CT molecular complexity index is 987. The zero-order chi connectivity index (χ0) is 17.8.